The first kappa shape index (κ1) is 14.8. The number of rotatable bonds is 2. The highest BCUT2D eigenvalue weighted by Gasteiger charge is 2.13. The van der Waals surface area contributed by atoms with Crippen molar-refractivity contribution in [1.82, 2.24) is 4.98 Å². The lowest BCUT2D eigenvalue weighted by Gasteiger charge is -2.06. The van der Waals surface area contributed by atoms with Crippen molar-refractivity contribution in [3.05, 3.63) is 90.9 Å². The molecular formula is C23H14FNO. The van der Waals surface area contributed by atoms with E-state index in [0.29, 0.717) is 0 Å². The summed E-state index contributed by atoms with van der Waals surface area (Å²) in [6.07, 6.45) is 1.77. The van der Waals surface area contributed by atoms with Gasteiger partial charge < -0.3 is 4.42 Å². The Balaban J connectivity index is 1.71. The van der Waals surface area contributed by atoms with Crippen LogP contribution in [0, 0.1) is 5.82 Å². The van der Waals surface area contributed by atoms with Crippen molar-refractivity contribution in [2.24, 2.45) is 0 Å². The maximum absolute atomic E-state index is 13.2. The van der Waals surface area contributed by atoms with Crippen molar-refractivity contribution in [2.75, 3.05) is 0 Å². The van der Waals surface area contributed by atoms with Crippen LogP contribution in [0.25, 0.3) is 44.3 Å². The predicted molar refractivity (Wildman–Crippen MR) is 102 cm³/mol. The molecule has 3 aromatic carbocycles. The van der Waals surface area contributed by atoms with Crippen molar-refractivity contribution in [1.29, 1.82) is 0 Å². The number of aromatic nitrogens is 1. The molecule has 2 heterocycles. The van der Waals surface area contributed by atoms with Crippen LogP contribution in [-0.4, -0.2) is 4.98 Å². The van der Waals surface area contributed by atoms with Crippen molar-refractivity contribution in [3.63, 3.8) is 0 Å². The average Bonchev–Trinajstić information content (AvgIpc) is 3.07. The molecule has 26 heavy (non-hydrogen) atoms. The molecule has 0 unspecified atom stereocenters. The Morgan fingerprint density at radius 2 is 1.54 bits per heavy atom. The molecule has 0 bridgehead atoms. The second-order valence-electron chi connectivity index (χ2n) is 6.22. The largest absolute Gasteiger partial charge is 0.455 e. The minimum absolute atomic E-state index is 0.241. The Kier molecular flexibility index (Phi) is 3.32. The molecule has 0 spiro atoms. The lowest BCUT2D eigenvalue weighted by molar-refractivity contribution is 0.628. The van der Waals surface area contributed by atoms with E-state index >= 15 is 0 Å². The third-order valence-corrected chi connectivity index (χ3v) is 4.62. The minimum Gasteiger partial charge on any atom is -0.455 e. The standard InChI is InChI=1S/C23H14FNO/c24-17-10-8-15(9-11-17)16-12-13-25-21(14-16)20-6-3-5-19-18-4-1-2-7-22(18)26-23(19)20/h1-14H. The highest BCUT2D eigenvalue weighted by Crippen LogP contribution is 2.35. The number of hydrogen-bond donors (Lipinski definition) is 0. The first-order valence-electron chi connectivity index (χ1n) is 8.42. The third-order valence-electron chi connectivity index (χ3n) is 4.62. The van der Waals surface area contributed by atoms with E-state index in [1.165, 1.54) is 12.1 Å². The van der Waals surface area contributed by atoms with E-state index in [0.717, 1.165) is 44.3 Å². The Morgan fingerprint density at radius 1 is 0.731 bits per heavy atom. The van der Waals surface area contributed by atoms with Crippen LogP contribution in [0.3, 0.4) is 0 Å². The van der Waals surface area contributed by atoms with E-state index in [4.69, 9.17) is 4.42 Å². The van der Waals surface area contributed by atoms with Crippen LogP contribution < -0.4 is 0 Å². The van der Waals surface area contributed by atoms with Gasteiger partial charge in [-0.3, -0.25) is 4.98 Å². The monoisotopic (exact) mass is 339 g/mol. The molecule has 0 aliphatic carbocycles. The summed E-state index contributed by atoms with van der Waals surface area (Å²) in [6.45, 7) is 0. The number of pyridine rings is 1. The third kappa shape index (κ3) is 2.37. The van der Waals surface area contributed by atoms with Gasteiger partial charge in [0.2, 0.25) is 0 Å². The number of fused-ring (bicyclic) bond motifs is 3. The van der Waals surface area contributed by atoms with Crippen LogP contribution in [0.1, 0.15) is 0 Å². The SMILES string of the molecule is Fc1ccc(-c2ccnc(-c3cccc4c3oc3ccccc34)c2)cc1. The molecule has 0 atom stereocenters. The Morgan fingerprint density at radius 3 is 2.42 bits per heavy atom. The molecule has 0 radical (unpaired) electrons. The van der Waals surface area contributed by atoms with Gasteiger partial charge in [-0.1, -0.05) is 42.5 Å². The summed E-state index contributed by atoms with van der Waals surface area (Å²) in [5.41, 5.74) is 5.41. The van der Waals surface area contributed by atoms with Gasteiger partial charge >= 0.3 is 0 Å². The first-order chi connectivity index (χ1) is 12.8. The van der Waals surface area contributed by atoms with Gasteiger partial charge in [0.25, 0.3) is 0 Å². The predicted octanol–water partition coefficient (Wildman–Crippen LogP) is 6.45. The van der Waals surface area contributed by atoms with Crippen molar-refractivity contribution < 1.29 is 8.81 Å². The van der Waals surface area contributed by atoms with E-state index in [9.17, 15) is 4.39 Å². The number of para-hydroxylation sites is 2. The van der Waals surface area contributed by atoms with Crippen LogP contribution in [0.2, 0.25) is 0 Å². The van der Waals surface area contributed by atoms with Gasteiger partial charge in [-0.05, 0) is 47.5 Å². The van der Waals surface area contributed by atoms with Gasteiger partial charge in [0.1, 0.15) is 17.0 Å². The molecule has 2 aromatic heterocycles. The molecule has 5 aromatic rings. The van der Waals surface area contributed by atoms with Gasteiger partial charge in [0.05, 0.1) is 5.69 Å². The van der Waals surface area contributed by atoms with Gasteiger partial charge in [-0.2, -0.15) is 0 Å². The second kappa shape index (κ2) is 5.81. The zero-order valence-corrected chi connectivity index (χ0v) is 13.8. The van der Waals surface area contributed by atoms with Crippen molar-refractivity contribution >= 4 is 21.9 Å². The molecule has 0 aliphatic heterocycles. The second-order valence-corrected chi connectivity index (χ2v) is 6.22. The Bertz CT molecular complexity index is 1240. The summed E-state index contributed by atoms with van der Waals surface area (Å²) < 4.78 is 19.3. The summed E-state index contributed by atoms with van der Waals surface area (Å²) in [5, 5.41) is 2.17. The zero-order chi connectivity index (χ0) is 17.5. The molecule has 0 fully saturated rings. The lowest BCUT2D eigenvalue weighted by Crippen LogP contribution is -1.86. The molecule has 5 rings (SSSR count). The van der Waals surface area contributed by atoms with Crippen LogP contribution in [0.5, 0.6) is 0 Å². The van der Waals surface area contributed by atoms with Crippen LogP contribution >= 0.6 is 0 Å². The molecule has 0 saturated heterocycles. The maximum atomic E-state index is 13.2. The molecule has 2 nitrogen and oxygen atoms in total. The summed E-state index contributed by atoms with van der Waals surface area (Å²) in [4.78, 5) is 4.54. The van der Waals surface area contributed by atoms with Crippen molar-refractivity contribution in [2.45, 2.75) is 0 Å². The molecule has 0 N–H and O–H groups in total. The van der Waals surface area contributed by atoms with Gasteiger partial charge in [-0.15, -0.1) is 0 Å². The van der Waals surface area contributed by atoms with Crippen LogP contribution in [0.15, 0.2) is 89.5 Å². The van der Waals surface area contributed by atoms with Gasteiger partial charge in [-0.25, -0.2) is 4.39 Å². The minimum atomic E-state index is -0.241. The molecule has 0 aliphatic rings. The van der Waals surface area contributed by atoms with E-state index in [2.05, 4.69) is 17.1 Å². The summed E-state index contributed by atoms with van der Waals surface area (Å²) >= 11 is 0. The molecule has 0 saturated carbocycles. The average molecular weight is 339 g/mol. The molecule has 124 valence electrons. The number of benzene rings is 3. The van der Waals surface area contributed by atoms with Gasteiger partial charge in [0.15, 0.2) is 0 Å². The fraction of sp³-hybridized carbons (Fsp3) is 0. The smallest absolute Gasteiger partial charge is 0.144 e. The highest BCUT2D eigenvalue weighted by atomic mass is 19.1. The number of hydrogen-bond acceptors (Lipinski definition) is 2. The Hall–Kier alpha value is -3.46. The topological polar surface area (TPSA) is 26.0 Å². The van der Waals surface area contributed by atoms with E-state index in [1.807, 2.05) is 42.5 Å². The maximum Gasteiger partial charge on any atom is 0.144 e. The molecule has 0 amide bonds. The quantitative estimate of drug-likeness (QED) is 0.369. The summed E-state index contributed by atoms with van der Waals surface area (Å²) in [5.74, 6) is -0.241. The number of nitrogens with zero attached hydrogens (tertiary/aromatic N) is 1. The number of halogens is 1. The highest BCUT2D eigenvalue weighted by molar-refractivity contribution is 6.09. The fourth-order valence-electron chi connectivity index (χ4n) is 3.35. The summed E-state index contributed by atoms with van der Waals surface area (Å²) in [6, 6.07) is 24.5. The van der Waals surface area contributed by atoms with E-state index < -0.39 is 0 Å². The zero-order valence-electron chi connectivity index (χ0n) is 13.8. The van der Waals surface area contributed by atoms with Gasteiger partial charge in [0, 0.05) is 22.5 Å². The molecule has 3 heteroatoms. The van der Waals surface area contributed by atoms with Crippen LogP contribution in [-0.2, 0) is 0 Å². The normalized spacial score (nSPS) is 11.3. The van der Waals surface area contributed by atoms with Crippen molar-refractivity contribution in [3.8, 4) is 22.4 Å². The number of furan rings is 1. The van der Waals surface area contributed by atoms with Crippen LogP contribution in [0.4, 0.5) is 4.39 Å². The van der Waals surface area contributed by atoms with E-state index in [-0.39, 0.29) is 5.82 Å². The Labute approximate surface area is 149 Å². The molecular weight excluding hydrogens is 325 g/mol. The van der Waals surface area contributed by atoms with E-state index in [1.54, 1.807) is 18.3 Å². The lowest BCUT2D eigenvalue weighted by atomic mass is 10.0. The first-order valence-corrected chi connectivity index (χ1v) is 8.42. The summed E-state index contributed by atoms with van der Waals surface area (Å²) in [7, 11) is 0. The fourth-order valence-corrected chi connectivity index (χ4v) is 3.35.